The molecule has 19 heavy (non-hydrogen) atoms. The molecule has 9 heteroatoms. The van der Waals surface area contributed by atoms with E-state index in [4.69, 9.17) is 23.2 Å². The SMILES string of the molecule is COC(=O)C1CC(=O)N(c2nc(Cl)c(Br)c(Cl)n2)C1. The summed E-state index contributed by atoms with van der Waals surface area (Å²) in [5.74, 6) is -1.16. The summed E-state index contributed by atoms with van der Waals surface area (Å²) in [6.45, 7) is 0.153. The van der Waals surface area contributed by atoms with Crippen molar-refractivity contribution in [3.05, 3.63) is 14.8 Å². The standard InChI is InChI=1S/C10H8BrCl2N3O3/c1-19-9(18)4-2-5(17)16(3-4)10-14-7(12)6(11)8(13)15-10/h4H,2-3H2,1H3. The van der Waals surface area contributed by atoms with Crippen molar-refractivity contribution in [2.75, 3.05) is 18.6 Å². The summed E-state index contributed by atoms with van der Waals surface area (Å²) in [7, 11) is 1.28. The lowest BCUT2D eigenvalue weighted by Crippen LogP contribution is -2.28. The smallest absolute Gasteiger partial charge is 0.311 e. The molecule has 1 aliphatic rings. The van der Waals surface area contributed by atoms with Crippen LogP contribution in [-0.2, 0) is 14.3 Å². The molecule has 1 saturated heterocycles. The maximum Gasteiger partial charge on any atom is 0.311 e. The number of methoxy groups -OCH3 is 1. The molecule has 1 aliphatic heterocycles. The van der Waals surface area contributed by atoms with Gasteiger partial charge in [-0.2, -0.15) is 9.97 Å². The summed E-state index contributed by atoms with van der Waals surface area (Å²) in [5, 5.41) is 0.202. The molecule has 1 aromatic heterocycles. The molecule has 0 bridgehead atoms. The molecule has 1 amide bonds. The number of halogens is 3. The van der Waals surface area contributed by atoms with E-state index in [0.29, 0.717) is 4.47 Å². The number of hydrogen-bond acceptors (Lipinski definition) is 5. The Morgan fingerprint density at radius 3 is 2.53 bits per heavy atom. The van der Waals surface area contributed by atoms with Gasteiger partial charge in [0.05, 0.1) is 17.5 Å². The Morgan fingerprint density at radius 2 is 2.00 bits per heavy atom. The summed E-state index contributed by atoms with van der Waals surface area (Å²) in [6.07, 6.45) is 0.0569. The van der Waals surface area contributed by atoms with Crippen molar-refractivity contribution in [2.24, 2.45) is 5.92 Å². The van der Waals surface area contributed by atoms with Crippen LogP contribution in [0.15, 0.2) is 4.47 Å². The first-order valence-corrected chi connectivity index (χ1v) is 6.75. The lowest BCUT2D eigenvalue weighted by Gasteiger charge is -2.14. The minimum atomic E-state index is -0.526. The second-order valence-corrected chi connectivity index (χ2v) is 5.36. The summed E-state index contributed by atoms with van der Waals surface area (Å²) >= 11 is 14.8. The third-order valence-electron chi connectivity index (χ3n) is 2.66. The van der Waals surface area contributed by atoms with Crippen LogP contribution in [-0.4, -0.2) is 35.5 Å². The highest BCUT2D eigenvalue weighted by Gasteiger charge is 2.37. The van der Waals surface area contributed by atoms with E-state index in [0.717, 1.165) is 0 Å². The van der Waals surface area contributed by atoms with Gasteiger partial charge in [-0.25, -0.2) is 0 Å². The Hall–Kier alpha value is -0.920. The molecule has 0 radical (unpaired) electrons. The molecule has 1 aromatic rings. The molecule has 0 spiro atoms. The van der Waals surface area contributed by atoms with E-state index in [1.54, 1.807) is 0 Å². The highest BCUT2D eigenvalue weighted by Crippen LogP contribution is 2.31. The average Bonchev–Trinajstić information content (AvgIpc) is 2.76. The number of rotatable bonds is 2. The van der Waals surface area contributed by atoms with Crippen molar-refractivity contribution in [1.82, 2.24) is 9.97 Å². The van der Waals surface area contributed by atoms with Crippen LogP contribution in [0.1, 0.15) is 6.42 Å². The number of carbonyl (C=O) groups is 2. The van der Waals surface area contributed by atoms with Crippen molar-refractivity contribution in [1.29, 1.82) is 0 Å². The van der Waals surface area contributed by atoms with E-state index in [2.05, 4.69) is 30.6 Å². The summed E-state index contributed by atoms with van der Waals surface area (Å²) < 4.78 is 4.97. The highest BCUT2D eigenvalue weighted by atomic mass is 79.9. The number of nitrogens with zero attached hydrogens (tertiary/aromatic N) is 3. The number of aromatic nitrogens is 2. The summed E-state index contributed by atoms with van der Waals surface area (Å²) in [5.41, 5.74) is 0. The van der Waals surface area contributed by atoms with Crippen LogP contribution in [0.25, 0.3) is 0 Å². The van der Waals surface area contributed by atoms with Gasteiger partial charge in [0.2, 0.25) is 11.9 Å². The Labute approximate surface area is 127 Å². The Bertz CT molecular complexity index is 532. The van der Waals surface area contributed by atoms with Gasteiger partial charge in [0.1, 0.15) is 10.3 Å². The monoisotopic (exact) mass is 367 g/mol. The lowest BCUT2D eigenvalue weighted by atomic mass is 10.1. The maximum atomic E-state index is 11.9. The second kappa shape index (κ2) is 5.60. The van der Waals surface area contributed by atoms with Crippen LogP contribution in [0, 0.1) is 5.92 Å². The van der Waals surface area contributed by atoms with Crippen molar-refractivity contribution >= 4 is 57.0 Å². The van der Waals surface area contributed by atoms with Gasteiger partial charge in [-0.05, 0) is 15.9 Å². The largest absolute Gasteiger partial charge is 0.469 e. The summed E-state index contributed by atoms with van der Waals surface area (Å²) in [4.78, 5) is 32.5. The van der Waals surface area contributed by atoms with E-state index in [-0.39, 0.29) is 35.1 Å². The predicted molar refractivity (Wildman–Crippen MR) is 72.2 cm³/mol. The maximum absolute atomic E-state index is 11.9. The van der Waals surface area contributed by atoms with Gasteiger partial charge < -0.3 is 4.74 Å². The van der Waals surface area contributed by atoms with Crippen LogP contribution in [0.2, 0.25) is 10.3 Å². The van der Waals surface area contributed by atoms with E-state index in [9.17, 15) is 9.59 Å². The Morgan fingerprint density at radius 1 is 1.42 bits per heavy atom. The normalized spacial score (nSPS) is 18.8. The van der Waals surface area contributed by atoms with Gasteiger partial charge in [-0.15, -0.1) is 0 Å². The molecule has 0 N–H and O–H groups in total. The van der Waals surface area contributed by atoms with Crippen molar-refractivity contribution in [2.45, 2.75) is 6.42 Å². The third kappa shape index (κ3) is 2.82. The molecule has 1 fully saturated rings. The first-order valence-electron chi connectivity index (χ1n) is 5.20. The first kappa shape index (κ1) is 14.5. The zero-order chi connectivity index (χ0) is 14.2. The Balaban J connectivity index is 2.28. The molecule has 1 unspecified atom stereocenters. The average molecular weight is 369 g/mol. The number of anilines is 1. The minimum absolute atomic E-state index is 0.0569. The second-order valence-electron chi connectivity index (χ2n) is 3.85. The zero-order valence-corrected chi connectivity index (χ0v) is 12.8. The lowest BCUT2D eigenvalue weighted by molar-refractivity contribution is -0.145. The molecule has 1 atom stereocenters. The molecule has 0 aliphatic carbocycles. The first-order chi connectivity index (χ1) is 8.93. The highest BCUT2D eigenvalue weighted by molar-refractivity contribution is 9.10. The van der Waals surface area contributed by atoms with Crippen molar-refractivity contribution in [3.63, 3.8) is 0 Å². The third-order valence-corrected chi connectivity index (χ3v) is 4.41. The Kier molecular flexibility index (Phi) is 4.27. The number of ether oxygens (including phenoxy) is 1. The number of hydrogen-bond donors (Lipinski definition) is 0. The number of carbonyl (C=O) groups excluding carboxylic acids is 2. The topological polar surface area (TPSA) is 72.4 Å². The molecular formula is C10H8BrCl2N3O3. The van der Waals surface area contributed by atoms with Gasteiger partial charge in [-0.1, -0.05) is 23.2 Å². The fourth-order valence-corrected chi connectivity index (χ4v) is 2.29. The van der Waals surface area contributed by atoms with E-state index in [1.165, 1.54) is 12.0 Å². The zero-order valence-electron chi connectivity index (χ0n) is 9.69. The predicted octanol–water partition coefficient (Wildman–Crippen LogP) is 2.07. The fraction of sp³-hybridized carbons (Fsp3) is 0.400. The fourth-order valence-electron chi connectivity index (χ4n) is 1.73. The molecule has 0 saturated carbocycles. The van der Waals surface area contributed by atoms with E-state index in [1.807, 2.05) is 0 Å². The molecule has 2 heterocycles. The molecule has 102 valence electrons. The van der Waals surface area contributed by atoms with E-state index < -0.39 is 11.9 Å². The van der Waals surface area contributed by atoms with Gasteiger partial charge in [0.15, 0.2) is 0 Å². The van der Waals surface area contributed by atoms with Crippen LogP contribution >= 0.6 is 39.1 Å². The van der Waals surface area contributed by atoms with Crippen molar-refractivity contribution < 1.29 is 14.3 Å². The van der Waals surface area contributed by atoms with Crippen LogP contribution in [0.5, 0.6) is 0 Å². The molecule has 0 aromatic carbocycles. The molecule has 2 rings (SSSR count). The van der Waals surface area contributed by atoms with Crippen molar-refractivity contribution in [3.8, 4) is 0 Å². The van der Waals surface area contributed by atoms with E-state index >= 15 is 0 Å². The van der Waals surface area contributed by atoms with Crippen LogP contribution < -0.4 is 4.90 Å². The molecule has 6 nitrogen and oxygen atoms in total. The van der Waals surface area contributed by atoms with Gasteiger partial charge in [0, 0.05) is 13.0 Å². The van der Waals surface area contributed by atoms with Gasteiger partial charge in [-0.3, -0.25) is 14.5 Å². The number of amides is 1. The minimum Gasteiger partial charge on any atom is -0.469 e. The van der Waals surface area contributed by atoms with Crippen LogP contribution in [0.4, 0.5) is 5.95 Å². The van der Waals surface area contributed by atoms with Gasteiger partial charge >= 0.3 is 5.97 Å². The van der Waals surface area contributed by atoms with Gasteiger partial charge in [0.25, 0.3) is 0 Å². The van der Waals surface area contributed by atoms with Crippen LogP contribution in [0.3, 0.4) is 0 Å². The quantitative estimate of drug-likeness (QED) is 0.590. The number of esters is 1. The summed E-state index contributed by atoms with van der Waals surface area (Å²) in [6, 6.07) is 0. The molecular weight excluding hydrogens is 361 g/mol.